The molecule has 0 amide bonds. The van der Waals surface area contributed by atoms with Crippen LogP contribution in [0.15, 0.2) is 23.8 Å². The lowest BCUT2D eigenvalue weighted by Gasteiger charge is -2.30. The van der Waals surface area contributed by atoms with E-state index in [0.717, 1.165) is 19.4 Å². The zero-order valence-electron chi connectivity index (χ0n) is 11.3. The summed E-state index contributed by atoms with van der Waals surface area (Å²) in [4.78, 5) is 0. The fourth-order valence-corrected chi connectivity index (χ4v) is 2.39. The monoisotopic (exact) mass is 237 g/mol. The number of piperidine rings is 1. The summed E-state index contributed by atoms with van der Waals surface area (Å²) in [6.45, 7) is 5.81. The number of unbranched alkanes of at least 4 members (excludes halogenated alkanes) is 1. The molecule has 0 aromatic rings. The molecule has 2 heteroatoms. The lowest BCUT2D eigenvalue weighted by atomic mass is 9.87. The number of aliphatic hydroxyl groups excluding tert-OH is 1. The Hall–Kier alpha value is -0.600. The summed E-state index contributed by atoms with van der Waals surface area (Å²) < 4.78 is 0. The molecule has 1 aliphatic heterocycles. The van der Waals surface area contributed by atoms with Crippen molar-refractivity contribution in [1.82, 2.24) is 5.32 Å². The van der Waals surface area contributed by atoms with Crippen LogP contribution >= 0.6 is 0 Å². The highest BCUT2D eigenvalue weighted by molar-refractivity contribution is 5.16. The first-order chi connectivity index (χ1) is 8.27. The summed E-state index contributed by atoms with van der Waals surface area (Å²) >= 11 is 0. The normalized spacial score (nSPS) is 26.6. The maximum atomic E-state index is 9.00. The van der Waals surface area contributed by atoms with Crippen molar-refractivity contribution in [1.29, 1.82) is 0 Å². The van der Waals surface area contributed by atoms with Crippen molar-refractivity contribution in [3.8, 4) is 0 Å². The molecule has 0 spiro atoms. The largest absolute Gasteiger partial charge is 0.396 e. The molecule has 1 fully saturated rings. The number of hydrogen-bond acceptors (Lipinski definition) is 2. The van der Waals surface area contributed by atoms with E-state index in [9.17, 15) is 0 Å². The van der Waals surface area contributed by atoms with E-state index in [-0.39, 0.29) is 0 Å². The van der Waals surface area contributed by atoms with Crippen LogP contribution in [0.2, 0.25) is 0 Å². The molecule has 2 atom stereocenters. The lowest BCUT2D eigenvalue weighted by molar-refractivity contribution is 0.223. The summed E-state index contributed by atoms with van der Waals surface area (Å²) in [6.07, 6.45) is 12.3. The van der Waals surface area contributed by atoms with Crippen LogP contribution in [0.25, 0.3) is 0 Å². The molecule has 1 aliphatic rings. The van der Waals surface area contributed by atoms with Gasteiger partial charge in [0.1, 0.15) is 0 Å². The summed E-state index contributed by atoms with van der Waals surface area (Å²) in [7, 11) is 0. The van der Waals surface area contributed by atoms with Crippen LogP contribution in [-0.4, -0.2) is 24.3 Å². The topological polar surface area (TPSA) is 32.3 Å². The van der Waals surface area contributed by atoms with Crippen LogP contribution < -0.4 is 5.32 Å². The fourth-order valence-electron chi connectivity index (χ4n) is 2.39. The molecular formula is C15H27NO. The van der Waals surface area contributed by atoms with Gasteiger partial charge in [0, 0.05) is 12.6 Å². The molecule has 0 bridgehead atoms. The SMILES string of the molecule is CCC/C=C\C=C(/C)C1CC(CCO)CCN1. The van der Waals surface area contributed by atoms with Gasteiger partial charge in [-0.3, -0.25) is 0 Å². The van der Waals surface area contributed by atoms with E-state index in [2.05, 4.69) is 37.4 Å². The van der Waals surface area contributed by atoms with Crippen LogP contribution in [0.1, 0.15) is 46.0 Å². The first-order valence-electron chi connectivity index (χ1n) is 6.95. The molecule has 2 N–H and O–H groups in total. The number of aliphatic hydroxyl groups is 1. The van der Waals surface area contributed by atoms with Crippen molar-refractivity contribution in [2.45, 2.75) is 52.0 Å². The molecule has 1 saturated heterocycles. The van der Waals surface area contributed by atoms with E-state index in [0.29, 0.717) is 18.6 Å². The number of nitrogens with one attached hydrogen (secondary N) is 1. The van der Waals surface area contributed by atoms with Crippen molar-refractivity contribution in [3.63, 3.8) is 0 Å². The summed E-state index contributed by atoms with van der Waals surface area (Å²) in [5.41, 5.74) is 1.42. The van der Waals surface area contributed by atoms with E-state index in [4.69, 9.17) is 5.11 Å². The standard InChI is InChI=1S/C15H27NO/c1-3-4-5-6-7-13(2)15-12-14(9-11-17)8-10-16-15/h5-7,14-17H,3-4,8-12H2,1-2H3/b6-5-,13-7+. The van der Waals surface area contributed by atoms with Gasteiger partial charge in [-0.05, 0) is 45.1 Å². The van der Waals surface area contributed by atoms with Gasteiger partial charge in [0.15, 0.2) is 0 Å². The van der Waals surface area contributed by atoms with E-state index in [1.807, 2.05) is 0 Å². The van der Waals surface area contributed by atoms with Crippen LogP contribution in [0, 0.1) is 5.92 Å². The minimum Gasteiger partial charge on any atom is -0.396 e. The van der Waals surface area contributed by atoms with Gasteiger partial charge >= 0.3 is 0 Å². The Morgan fingerprint density at radius 2 is 2.29 bits per heavy atom. The maximum absolute atomic E-state index is 9.00. The smallest absolute Gasteiger partial charge is 0.0433 e. The van der Waals surface area contributed by atoms with E-state index in [1.54, 1.807) is 0 Å². The van der Waals surface area contributed by atoms with Crippen molar-refractivity contribution in [2.75, 3.05) is 13.2 Å². The molecule has 0 saturated carbocycles. The third-order valence-electron chi connectivity index (χ3n) is 3.55. The zero-order chi connectivity index (χ0) is 12.5. The highest BCUT2D eigenvalue weighted by atomic mass is 16.3. The number of allylic oxidation sites excluding steroid dienone is 3. The summed E-state index contributed by atoms with van der Waals surface area (Å²) in [5.74, 6) is 0.689. The van der Waals surface area contributed by atoms with Crippen molar-refractivity contribution in [2.24, 2.45) is 5.92 Å². The molecule has 0 aromatic heterocycles. The Bertz CT molecular complexity index is 256. The summed E-state index contributed by atoms with van der Waals surface area (Å²) in [5, 5.41) is 12.6. The average molecular weight is 237 g/mol. The minimum absolute atomic E-state index is 0.330. The van der Waals surface area contributed by atoms with E-state index >= 15 is 0 Å². The molecule has 0 aliphatic carbocycles. The molecule has 0 radical (unpaired) electrons. The second-order valence-electron chi connectivity index (χ2n) is 5.04. The van der Waals surface area contributed by atoms with Gasteiger partial charge in [0.25, 0.3) is 0 Å². The third kappa shape index (κ3) is 5.51. The molecule has 17 heavy (non-hydrogen) atoms. The predicted octanol–water partition coefficient (Wildman–Crippen LogP) is 3.04. The molecule has 2 nitrogen and oxygen atoms in total. The molecule has 1 heterocycles. The molecule has 1 rings (SSSR count). The second kappa shape index (κ2) is 8.48. The van der Waals surface area contributed by atoms with Crippen LogP contribution in [0.5, 0.6) is 0 Å². The first-order valence-corrected chi connectivity index (χ1v) is 6.95. The lowest BCUT2D eigenvalue weighted by Crippen LogP contribution is -2.39. The molecule has 2 unspecified atom stereocenters. The van der Waals surface area contributed by atoms with Crippen LogP contribution in [0.3, 0.4) is 0 Å². The Morgan fingerprint density at radius 3 is 3.00 bits per heavy atom. The molecule has 98 valence electrons. The summed E-state index contributed by atoms with van der Waals surface area (Å²) in [6, 6.07) is 0.506. The van der Waals surface area contributed by atoms with E-state index in [1.165, 1.54) is 24.8 Å². The maximum Gasteiger partial charge on any atom is 0.0433 e. The average Bonchev–Trinajstić information content (AvgIpc) is 2.35. The van der Waals surface area contributed by atoms with Gasteiger partial charge < -0.3 is 10.4 Å². The van der Waals surface area contributed by atoms with Gasteiger partial charge in [0.05, 0.1) is 0 Å². The Kier molecular flexibility index (Phi) is 7.22. The van der Waals surface area contributed by atoms with Gasteiger partial charge in [-0.2, -0.15) is 0 Å². The quantitative estimate of drug-likeness (QED) is 0.696. The zero-order valence-corrected chi connectivity index (χ0v) is 11.3. The predicted molar refractivity (Wildman–Crippen MR) is 74.0 cm³/mol. The van der Waals surface area contributed by atoms with Crippen LogP contribution in [0.4, 0.5) is 0 Å². The van der Waals surface area contributed by atoms with Gasteiger partial charge in [-0.15, -0.1) is 0 Å². The number of hydrogen-bond donors (Lipinski definition) is 2. The van der Waals surface area contributed by atoms with Gasteiger partial charge in [-0.25, -0.2) is 0 Å². The Labute approximate surface area is 106 Å². The van der Waals surface area contributed by atoms with Gasteiger partial charge in [-0.1, -0.05) is 37.1 Å². The fraction of sp³-hybridized carbons (Fsp3) is 0.733. The van der Waals surface area contributed by atoms with Crippen molar-refractivity contribution in [3.05, 3.63) is 23.8 Å². The Morgan fingerprint density at radius 1 is 1.47 bits per heavy atom. The van der Waals surface area contributed by atoms with Crippen molar-refractivity contribution >= 4 is 0 Å². The van der Waals surface area contributed by atoms with Gasteiger partial charge in [0.2, 0.25) is 0 Å². The van der Waals surface area contributed by atoms with Crippen molar-refractivity contribution < 1.29 is 5.11 Å². The minimum atomic E-state index is 0.330. The molecule has 0 aromatic carbocycles. The second-order valence-corrected chi connectivity index (χ2v) is 5.04. The molecular weight excluding hydrogens is 210 g/mol. The van der Waals surface area contributed by atoms with E-state index < -0.39 is 0 Å². The number of rotatable bonds is 6. The highest BCUT2D eigenvalue weighted by Crippen LogP contribution is 2.23. The highest BCUT2D eigenvalue weighted by Gasteiger charge is 2.21. The first kappa shape index (κ1) is 14.5. The van der Waals surface area contributed by atoms with Crippen LogP contribution in [-0.2, 0) is 0 Å². The third-order valence-corrected chi connectivity index (χ3v) is 3.55. The Balaban J connectivity index is 2.42.